The molecule has 0 unspecified atom stereocenters. The normalized spacial score (nSPS) is 19.1. The van der Waals surface area contributed by atoms with Crippen molar-refractivity contribution in [2.75, 3.05) is 36.2 Å². The Bertz CT molecular complexity index is 3190. The first-order valence-corrected chi connectivity index (χ1v) is 25.5. The van der Waals surface area contributed by atoms with Crippen LogP contribution in [0.2, 0.25) is 0 Å². The van der Waals surface area contributed by atoms with E-state index in [4.69, 9.17) is 28.3 Å². The minimum Gasteiger partial charge on any atom is -0.457 e. The zero-order valence-electron chi connectivity index (χ0n) is 38.3. The van der Waals surface area contributed by atoms with Gasteiger partial charge in [-0.2, -0.15) is 4.99 Å². The summed E-state index contributed by atoms with van der Waals surface area (Å²) in [4.78, 5) is 64.5. The number of esters is 1. The molecule has 6 aliphatic rings. The fourth-order valence-electron chi connectivity index (χ4n) is 9.92. The SMILES string of the molecule is CCN1C(=CC=C2CCCc3cc4ccc(=NC(=O)OCCSSCCOC(=O)O[C@]5(CC)C(=O)OCc6c5cc5n(c6=O)Cc6cc7ccccc7nc6-5)cc-4oc32)C(C)(C)c2ccccc21. The van der Waals surface area contributed by atoms with Crippen molar-refractivity contribution in [1.29, 1.82) is 0 Å². The Balaban J connectivity index is 0.722. The number of nitrogens with zero attached hydrogens (tertiary/aromatic N) is 4. The van der Waals surface area contributed by atoms with E-state index in [2.05, 4.69) is 73.1 Å². The molecule has 13 nitrogen and oxygen atoms in total. The molecule has 1 amide bonds. The summed E-state index contributed by atoms with van der Waals surface area (Å²) in [7, 11) is 2.86. The molecular formula is C53H50N4O9S2. The number of hydrogen-bond acceptors (Lipinski definition) is 13. The van der Waals surface area contributed by atoms with Gasteiger partial charge >= 0.3 is 18.2 Å². The molecule has 2 aliphatic carbocycles. The van der Waals surface area contributed by atoms with E-state index in [9.17, 15) is 19.2 Å². The van der Waals surface area contributed by atoms with Crippen LogP contribution in [0, 0.1) is 0 Å². The number of pyridine rings is 2. The van der Waals surface area contributed by atoms with Crippen LogP contribution in [0.3, 0.4) is 0 Å². The quantitative estimate of drug-likeness (QED) is 0.0524. The van der Waals surface area contributed by atoms with Crippen LogP contribution in [-0.2, 0) is 54.3 Å². The maximum absolute atomic E-state index is 13.8. The number of anilines is 1. The van der Waals surface area contributed by atoms with Crippen molar-refractivity contribution < 1.29 is 37.7 Å². The van der Waals surface area contributed by atoms with Gasteiger partial charge in [0.05, 0.1) is 34.4 Å². The predicted octanol–water partition coefficient (Wildman–Crippen LogP) is 10.5. The lowest BCUT2D eigenvalue weighted by atomic mass is 9.83. The summed E-state index contributed by atoms with van der Waals surface area (Å²) in [5, 5.41) is 1.39. The van der Waals surface area contributed by atoms with Crippen LogP contribution in [0.15, 0.2) is 117 Å². The number of amides is 1. The van der Waals surface area contributed by atoms with Gasteiger partial charge in [-0.3, -0.25) is 4.79 Å². The first kappa shape index (κ1) is 45.2. The maximum atomic E-state index is 13.8. The lowest BCUT2D eigenvalue weighted by Gasteiger charge is -2.35. The summed E-state index contributed by atoms with van der Waals surface area (Å²) in [5.74, 6) is 1.61. The van der Waals surface area contributed by atoms with Crippen molar-refractivity contribution in [3.63, 3.8) is 0 Å². The molecule has 2 aromatic carbocycles. The summed E-state index contributed by atoms with van der Waals surface area (Å²) in [6, 6.07) is 27.7. The van der Waals surface area contributed by atoms with Crippen molar-refractivity contribution in [2.45, 2.75) is 77.5 Å². The number of hydrogen-bond donors (Lipinski definition) is 0. The van der Waals surface area contributed by atoms with Gasteiger partial charge in [0.15, 0.2) is 0 Å². The van der Waals surface area contributed by atoms with E-state index >= 15 is 0 Å². The van der Waals surface area contributed by atoms with Gasteiger partial charge < -0.3 is 32.8 Å². The Morgan fingerprint density at radius 2 is 1.68 bits per heavy atom. The molecule has 0 saturated heterocycles. The molecule has 0 N–H and O–H groups in total. The Hall–Kier alpha value is -6.58. The number of fused-ring (bicyclic) bond motifs is 8. The summed E-state index contributed by atoms with van der Waals surface area (Å²) in [6.07, 6.45) is 5.60. The zero-order chi connectivity index (χ0) is 47.2. The van der Waals surface area contributed by atoms with E-state index in [1.807, 2.05) is 36.4 Å². The van der Waals surface area contributed by atoms with Crippen LogP contribution in [0.25, 0.3) is 39.2 Å². The average molecular weight is 951 g/mol. The number of benzene rings is 3. The number of rotatable bonds is 11. The summed E-state index contributed by atoms with van der Waals surface area (Å²) in [5.41, 5.74) is 8.16. The average Bonchev–Trinajstić information content (AvgIpc) is 3.81. The molecule has 2 aromatic heterocycles. The fourth-order valence-corrected chi connectivity index (χ4v) is 11.6. The van der Waals surface area contributed by atoms with Crippen molar-refractivity contribution in [1.82, 2.24) is 9.55 Å². The van der Waals surface area contributed by atoms with E-state index in [1.54, 1.807) is 29.7 Å². The summed E-state index contributed by atoms with van der Waals surface area (Å²) in [6.45, 7) is 9.52. The number of cyclic esters (lactones) is 1. The molecular weight excluding hydrogens is 901 g/mol. The van der Waals surface area contributed by atoms with E-state index in [0.717, 1.165) is 59.2 Å². The highest BCUT2D eigenvalue weighted by atomic mass is 33.1. The third kappa shape index (κ3) is 8.18. The number of likely N-dealkylation sites (N-methyl/N-ethyl adjacent to an activating group) is 1. The van der Waals surface area contributed by atoms with Gasteiger partial charge in [0.25, 0.3) is 5.56 Å². The highest BCUT2D eigenvalue weighted by Gasteiger charge is 2.51. The molecule has 0 spiro atoms. The molecule has 68 heavy (non-hydrogen) atoms. The fraction of sp³-hybridized carbons (Fsp3) is 0.321. The number of aromatic nitrogens is 2. The molecule has 6 heterocycles. The van der Waals surface area contributed by atoms with E-state index < -0.39 is 23.8 Å². The smallest absolute Gasteiger partial charge is 0.457 e. The number of carbonyl (C=O) groups excluding carboxylic acids is 3. The number of para-hydroxylation sites is 2. The van der Waals surface area contributed by atoms with Gasteiger partial charge in [-0.15, -0.1) is 0 Å². The number of ether oxygens (including phenoxy) is 4. The standard InChI is InChI=1S/C53H50N4O9S2/c1-5-53(40-29-43-46-36(26-33-12-7-9-16-41(33)55-46)30-57(43)48(58)38(40)31-64-49(53)59)66-51(61)63-23-25-68-67-24-22-62-50(60)54-37-20-18-34-27-35-14-11-13-32(47(35)65-44(34)28-37)19-21-45-52(3,4)39-15-8-10-17-42(39)56(45)6-2/h7-10,12,15-21,26-29H,5-6,11,13-14,22-25,30-31H2,1-4H3/t53-/m0/s1. The minimum absolute atomic E-state index is 0.0137. The van der Waals surface area contributed by atoms with Crippen LogP contribution in [0.1, 0.15) is 80.5 Å². The van der Waals surface area contributed by atoms with Crippen LogP contribution < -0.4 is 15.8 Å². The number of allylic oxidation sites excluding steroid dienone is 4. The Labute approximate surface area is 401 Å². The first-order chi connectivity index (χ1) is 33.0. The van der Waals surface area contributed by atoms with Crippen LogP contribution in [-0.4, -0.2) is 59.0 Å². The first-order valence-electron chi connectivity index (χ1n) is 23.0. The Morgan fingerprint density at radius 3 is 2.50 bits per heavy atom. The molecule has 0 saturated carbocycles. The van der Waals surface area contributed by atoms with E-state index in [-0.39, 0.29) is 48.3 Å². The Morgan fingerprint density at radius 1 is 0.882 bits per heavy atom. The highest BCUT2D eigenvalue weighted by molar-refractivity contribution is 8.76. The lowest BCUT2D eigenvalue weighted by Crippen LogP contribution is -2.47. The highest BCUT2D eigenvalue weighted by Crippen LogP contribution is 2.48. The van der Waals surface area contributed by atoms with Crippen molar-refractivity contribution in [3.8, 4) is 22.7 Å². The number of carbonyl (C=O) groups is 3. The van der Waals surface area contributed by atoms with Gasteiger partial charge in [0.1, 0.15) is 31.3 Å². The number of aryl methyl sites for hydroxylation is 1. The van der Waals surface area contributed by atoms with Crippen LogP contribution in [0.5, 0.6) is 0 Å². The molecule has 348 valence electrons. The monoisotopic (exact) mass is 950 g/mol. The summed E-state index contributed by atoms with van der Waals surface area (Å²) < 4.78 is 30.2. The molecule has 0 bridgehead atoms. The van der Waals surface area contributed by atoms with Crippen LogP contribution in [0.4, 0.5) is 15.3 Å². The van der Waals surface area contributed by atoms with Gasteiger partial charge in [-0.05, 0) is 97.8 Å². The second-order valence-corrected chi connectivity index (χ2v) is 20.3. The van der Waals surface area contributed by atoms with Gasteiger partial charge in [-0.25, -0.2) is 19.4 Å². The van der Waals surface area contributed by atoms with Gasteiger partial charge in [0.2, 0.25) is 5.60 Å². The van der Waals surface area contributed by atoms with Gasteiger partial charge in [-0.1, -0.05) is 84.8 Å². The van der Waals surface area contributed by atoms with Crippen molar-refractivity contribution in [2.24, 2.45) is 4.99 Å². The third-order valence-electron chi connectivity index (χ3n) is 13.3. The van der Waals surface area contributed by atoms with E-state index in [1.165, 1.54) is 44.1 Å². The van der Waals surface area contributed by atoms with Gasteiger partial charge in [0, 0.05) is 63.0 Å². The molecule has 0 radical (unpaired) electrons. The molecule has 0 fully saturated rings. The topological polar surface area (TPSA) is 152 Å². The van der Waals surface area contributed by atoms with E-state index in [0.29, 0.717) is 40.6 Å². The molecule has 15 heteroatoms. The lowest BCUT2D eigenvalue weighted by molar-refractivity contribution is -0.175. The third-order valence-corrected chi connectivity index (χ3v) is 15.6. The summed E-state index contributed by atoms with van der Waals surface area (Å²) >= 11 is 0. The second kappa shape index (κ2) is 18.5. The maximum Gasteiger partial charge on any atom is 0.509 e. The van der Waals surface area contributed by atoms with Crippen molar-refractivity contribution in [3.05, 3.63) is 152 Å². The minimum atomic E-state index is -1.87. The Kier molecular flexibility index (Phi) is 12.3. The van der Waals surface area contributed by atoms with Crippen LogP contribution >= 0.6 is 21.6 Å². The zero-order valence-corrected chi connectivity index (χ0v) is 39.9. The predicted molar refractivity (Wildman–Crippen MR) is 263 cm³/mol. The van der Waals surface area contributed by atoms with Crippen molar-refractivity contribution >= 4 is 62.0 Å². The molecule has 10 rings (SSSR count). The largest absolute Gasteiger partial charge is 0.509 e. The second-order valence-electron chi connectivity index (χ2n) is 17.6. The molecule has 1 atom stereocenters. The molecule has 4 aliphatic heterocycles. The molecule has 4 aromatic rings.